The lowest BCUT2D eigenvalue weighted by molar-refractivity contribution is 0.415. The molecule has 5 nitrogen and oxygen atoms in total. The Balaban J connectivity index is 1.73. The van der Waals surface area contributed by atoms with Gasteiger partial charge < -0.3 is 14.5 Å². The summed E-state index contributed by atoms with van der Waals surface area (Å²) in [4.78, 5) is 12.0. The predicted molar refractivity (Wildman–Crippen MR) is 102 cm³/mol. The average Bonchev–Trinajstić information content (AvgIpc) is 3.14. The van der Waals surface area contributed by atoms with Gasteiger partial charge in [0.1, 0.15) is 23.5 Å². The van der Waals surface area contributed by atoms with Crippen molar-refractivity contribution in [2.45, 2.75) is 13.3 Å². The largest absolute Gasteiger partial charge is 0.497 e. The minimum Gasteiger partial charge on any atom is -0.497 e. The predicted octanol–water partition coefficient (Wildman–Crippen LogP) is 4.99. The van der Waals surface area contributed by atoms with Crippen LogP contribution in [0, 0.1) is 0 Å². The molecule has 0 fully saturated rings. The van der Waals surface area contributed by atoms with Crippen molar-refractivity contribution in [2.24, 2.45) is 0 Å². The summed E-state index contributed by atoms with van der Waals surface area (Å²) in [6, 6.07) is 17.9. The van der Waals surface area contributed by atoms with Gasteiger partial charge >= 0.3 is 0 Å². The van der Waals surface area contributed by atoms with E-state index < -0.39 is 0 Å². The van der Waals surface area contributed by atoms with Crippen LogP contribution in [0.15, 0.2) is 60.9 Å². The minimum atomic E-state index is 0.548. The van der Waals surface area contributed by atoms with Gasteiger partial charge in [-0.1, -0.05) is 25.1 Å². The monoisotopic (exact) mass is 345 g/mol. The highest BCUT2D eigenvalue weighted by molar-refractivity contribution is 5.87. The first kappa shape index (κ1) is 16.1. The van der Waals surface area contributed by atoms with E-state index in [9.17, 15) is 0 Å². The van der Waals surface area contributed by atoms with Crippen molar-refractivity contribution in [1.29, 1.82) is 0 Å². The van der Waals surface area contributed by atoms with Crippen LogP contribution in [0.5, 0.6) is 17.4 Å². The highest BCUT2D eigenvalue weighted by atomic mass is 16.5. The number of rotatable bonds is 5. The summed E-state index contributed by atoms with van der Waals surface area (Å²) >= 11 is 0. The van der Waals surface area contributed by atoms with Crippen molar-refractivity contribution < 1.29 is 9.47 Å². The summed E-state index contributed by atoms with van der Waals surface area (Å²) in [6.07, 6.45) is 2.41. The fourth-order valence-electron chi connectivity index (χ4n) is 2.92. The lowest BCUT2D eigenvalue weighted by Gasteiger charge is -2.09. The van der Waals surface area contributed by atoms with Crippen LogP contribution in [0.2, 0.25) is 0 Å². The second kappa shape index (κ2) is 6.88. The molecule has 4 aromatic rings. The van der Waals surface area contributed by atoms with Crippen LogP contribution in [0.4, 0.5) is 0 Å². The summed E-state index contributed by atoms with van der Waals surface area (Å²) < 4.78 is 11.3. The Labute approximate surface area is 151 Å². The third kappa shape index (κ3) is 2.99. The van der Waals surface area contributed by atoms with Gasteiger partial charge in [-0.05, 0) is 53.9 Å². The summed E-state index contributed by atoms with van der Waals surface area (Å²) in [5.41, 5.74) is 3.89. The molecule has 0 radical (unpaired) electrons. The van der Waals surface area contributed by atoms with E-state index in [1.807, 2.05) is 48.5 Å². The summed E-state index contributed by atoms with van der Waals surface area (Å²) in [6.45, 7) is 2.11. The lowest BCUT2D eigenvalue weighted by atomic mass is 10.1. The molecular formula is C21H19N3O2. The van der Waals surface area contributed by atoms with Crippen LogP contribution in [-0.2, 0) is 6.42 Å². The highest BCUT2D eigenvalue weighted by Crippen LogP contribution is 2.32. The van der Waals surface area contributed by atoms with Crippen LogP contribution in [0.25, 0.3) is 22.3 Å². The number of para-hydroxylation sites is 1. The van der Waals surface area contributed by atoms with Crippen molar-refractivity contribution >= 4 is 11.0 Å². The average molecular weight is 345 g/mol. The number of fused-ring (bicyclic) bond motifs is 1. The van der Waals surface area contributed by atoms with Gasteiger partial charge in [0, 0.05) is 5.69 Å². The molecule has 4 rings (SSSR count). The Hall–Kier alpha value is -3.34. The van der Waals surface area contributed by atoms with Crippen molar-refractivity contribution in [1.82, 2.24) is 15.0 Å². The topological polar surface area (TPSA) is 60.0 Å². The second-order valence-corrected chi connectivity index (χ2v) is 5.92. The maximum atomic E-state index is 6.11. The van der Waals surface area contributed by atoms with Crippen molar-refractivity contribution in [3.05, 3.63) is 66.5 Å². The number of aromatic nitrogens is 3. The molecule has 0 spiro atoms. The lowest BCUT2D eigenvalue weighted by Crippen LogP contribution is -1.93. The van der Waals surface area contributed by atoms with Crippen LogP contribution in [0.3, 0.4) is 0 Å². The number of benzene rings is 2. The van der Waals surface area contributed by atoms with Gasteiger partial charge in [0.05, 0.1) is 12.5 Å². The Bertz CT molecular complexity index is 1040. The Kier molecular flexibility index (Phi) is 4.27. The van der Waals surface area contributed by atoms with Gasteiger partial charge in [0.15, 0.2) is 0 Å². The van der Waals surface area contributed by atoms with E-state index >= 15 is 0 Å². The van der Waals surface area contributed by atoms with E-state index in [-0.39, 0.29) is 0 Å². The number of H-pyrrole nitrogens is 1. The molecule has 0 unspecified atom stereocenters. The zero-order valence-corrected chi connectivity index (χ0v) is 14.7. The number of aromatic amines is 1. The molecule has 0 aliphatic carbocycles. The van der Waals surface area contributed by atoms with E-state index in [0.29, 0.717) is 5.88 Å². The first-order chi connectivity index (χ1) is 12.8. The normalized spacial score (nSPS) is 10.8. The fourth-order valence-corrected chi connectivity index (χ4v) is 2.92. The number of aryl methyl sites for hydroxylation is 1. The highest BCUT2D eigenvalue weighted by Gasteiger charge is 2.12. The molecule has 1 N–H and O–H groups in total. The van der Waals surface area contributed by atoms with Gasteiger partial charge in [0.2, 0.25) is 5.88 Å². The van der Waals surface area contributed by atoms with Crippen LogP contribution < -0.4 is 9.47 Å². The molecule has 5 heteroatoms. The molecule has 26 heavy (non-hydrogen) atoms. The molecule has 2 aromatic carbocycles. The number of nitrogens with one attached hydrogen (secondary N) is 1. The molecule has 2 heterocycles. The van der Waals surface area contributed by atoms with Crippen molar-refractivity contribution in [2.75, 3.05) is 7.11 Å². The minimum absolute atomic E-state index is 0.548. The summed E-state index contributed by atoms with van der Waals surface area (Å²) in [5.74, 6) is 2.19. The van der Waals surface area contributed by atoms with Crippen molar-refractivity contribution in [3.8, 4) is 28.6 Å². The van der Waals surface area contributed by atoms with Gasteiger partial charge in [0.25, 0.3) is 0 Å². The molecule has 0 amide bonds. The van der Waals surface area contributed by atoms with Gasteiger partial charge in [-0.25, -0.2) is 9.97 Å². The maximum absolute atomic E-state index is 6.11. The zero-order valence-electron chi connectivity index (χ0n) is 14.7. The molecule has 130 valence electrons. The number of nitrogens with zero attached hydrogens (tertiary/aromatic N) is 2. The van der Waals surface area contributed by atoms with E-state index in [4.69, 9.17) is 9.47 Å². The number of ether oxygens (including phenoxy) is 2. The van der Waals surface area contributed by atoms with E-state index in [1.165, 1.54) is 6.33 Å². The number of methoxy groups -OCH3 is 1. The quantitative estimate of drug-likeness (QED) is 0.554. The molecule has 0 saturated heterocycles. The molecule has 0 atom stereocenters. The standard InChI is InChI=1S/C21H19N3O2/c1-3-14-6-4-5-7-19(14)26-21-17-12-18(24-20(17)22-13-23-21)15-8-10-16(25-2)11-9-15/h4-13H,3H2,1-2H3,(H,22,23,24). The smallest absolute Gasteiger partial charge is 0.231 e. The third-order valence-electron chi connectivity index (χ3n) is 4.35. The molecular weight excluding hydrogens is 326 g/mol. The van der Waals surface area contributed by atoms with Gasteiger partial charge in [-0.2, -0.15) is 0 Å². The molecule has 0 bridgehead atoms. The van der Waals surface area contributed by atoms with Crippen LogP contribution >= 0.6 is 0 Å². The fraction of sp³-hybridized carbons (Fsp3) is 0.143. The number of hydrogen-bond acceptors (Lipinski definition) is 4. The summed E-state index contributed by atoms with van der Waals surface area (Å²) in [5, 5.41) is 0.851. The summed E-state index contributed by atoms with van der Waals surface area (Å²) in [7, 11) is 1.66. The molecule has 2 aromatic heterocycles. The first-order valence-corrected chi connectivity index (χ1v) is 8.52. The third-order valence-corrected chi connectivity index (χ3v) is 4.35. The van der Waals surface area contributed by atoms with Crippen LogP contribution in [0.1, 0.15) is 12.5 Å². The van der Waals surface area contributed by atoms with Crippen molar-refractivity contribution in [3.63, 3.8) is 0 Å². The Morgan fingerprint density at radius 2 is 1.81 bits per heavy atom. The number of hydrogen-bond donors (Lipinski definition) is 1. The van der Waals surface area contributed by atoms with E-state index in [1.54, 1.807) is 7.11 Å². The van der Waals surface area contributed by atoms with E-state index in [0.717, 1.165) is 45.8 Å². The SMILES string of the molecule is CCc1ccccc1Oc1ncnc2[nH]c(-c3ccc(OC)cc3)cc12. The van der Waals surface area contributed by atoms with Gasteiger partial charge in [-0.3, -0.25) is 0 Å². The second-order valence-electron chi connectivity index (χ2n) is 5.92. The maximum Gasteiger partial charge on any atom is 0.231 e. The molecule has 0 aliphatic heterocycles. The molecule has 0 saturated carbocycles. The molecule has 0 aliphatic rings. The first-order valence-electron chi connectivity index (χ1n) is 8.52. The zero-order chi connectivity index (χ0) is 17.9. The Morgan fingerprint density at radius 3 is 2.58 bits per heavy atom. The van der Waals surface area contributed by atoms with Gasteiger partial charge in [-0.15, -0.1) is 0 Å². The van der Waals surface area contributed by atoms with E-state index in [2.05, 4.69) is 27.9 Å². The van der Waals surface area contributed by atoms with Crippen LogP contribution in [-0.4, -0.2) is 22.1 Å². The Morgan fingerprint density at radius 1 is 1.00 bits per heavy atom.